The van der Waals surface area contributed by atoms with Crippen LogP contribution in [0.1, 0.15) is 36.8 Å². The molecule has 0 bridgehead atoms. The Morgan fingerprint density at radius 2 is 2.26 bits per heavy atom. The van der Waals surface area contributed by atoms with Gasteiger partial charge in [-0.2, -0.15) is 0 Å². The lowest BCUT2D eigenvalue weighted by Crippen LogP contribution is -2.49. The molecule has 0 atom stereocenters. The van der Waals surface area contributed by atoms with Crippen molar-refractivity contribution in [3.05, 3.63) is 11.9 Å². The summed E-state index contributed by atoms with van der Waals surface area (Å²) in [6.45, 7) is 6.86. The molecule has 1 N–H and O–H groups in total. The fourth-order valence-electron chi connectivity index (χ4n) is 1.98. The number of carboxylic acids is 1. The molecule has 0 amide bonds. The Hall–Kier alpha value is -1.47. The number of rotatable bonds is 6. The smallest absolute Gasteiger partial charge is 0.358 e. The number of likely N-dealkylation sites (tertiary alicyclic amines) is 1. The summed E-state index contributed by atoms with van der Waals surface area (Å²) in [5, 5.41) is 16.3. The van der Waals surface area contributed by atoms with Gasteiger partial charge in [0.2, 0.25) is 0 Å². The molecule has 106 valence electrons. The minimum atomic E-state index is -1.04. The van der Waals surface area contributed by atoms with E-state index >= 15 is 0 Å². The van der Waals surface area contributed by atoms with E-state index in [0.717, 1.165) is 26.1 Å². The molecule has 1 fully saturated rings. The third-order valence-electron chi connectivity index (χ3n) is 3.62. The predicted octanol–water partition coefficient (Wildman–Crippen LogP) is 0.648. The normalized spacial score (nSPS) is 17.4. The third-order valence-corrected chi connectivity index (χ3v) is 3.62. The van der Waals surface area contributed by atoms with Crippen LogP contribution in [0.4, 0.5) is 0 Å². The highest BCUT2D eigenvalue weighted by Crippen LogP contribution is 2.22. The van der Waals surface area contributed by atoms with E-state index in [2.05, 4.69) is 29.1 Å². The molecule has 1 saturated heterocycles. The van der Waals surface area contributed by atoms with Crippen LogP contribution in [0, 0.1) is 0 Å². The molecule has 0 saturated carbocycles. The molecule has 1 aromatic heterocycles. The van der Waals surface area contributed by atoms with Crippen molar-refractivity contribution in [1.29, 1.82) is 0 Å². The van der Waals surface area contributed by atoms with E-state index in [1.807, 2.05) is 0 Å². The quantitative estimate of drug-likeness (QED) is 0.816. The summed E-state index contributed by atoms with van der Waals surface area (Å²) in [4.78, 5) is 13.0. The minimum absolute atomic E-state index is 0.000957. The Morgan fingerprint density at radius 3 is 2.79 bits per heavy atom. The van der Waals surface area contributed by atoms with E-state index in [0.29, 0.717) is 0 Å². The fourth-order valence-corrected chi connectivity index (χ4v) is 1.98. The first-order chi connectivity index (χ1) is 8.91. The van der Waals surface area contributed by atoms with E-state index < -0.39 is 5.97 Å². The van der Waals surface area contributed by atoms with Gasteiger partial charge in [-0.1, -0.05) is 5.21 Å². The van der Waals surface area contributed by atoms with Crippen molar-refractivity contribution in [3.63, 3.8) is 0 Å². The van der Waals surface area contributed by atoms with Gasteiger partial charge in [0.05, 0.1) is 17.8 Å². The van der Waals surface area contributed by atoms with E-state index in [-0.39, 0.29) is 17.3 Å². The summed E-state index contributed by atoms with van der Waals surface area (Å²) in [7, 11) is 1.72. The molecular formula is C12H20N4O3. The SMILES string of the molecule is COC(C)(C)CCN1CC(n2cc(C(=O)O)nn2)C1. The number of methoxy groups -OCH3 is 1. The molecule has 0 spiro atoms. The fraction of sp³-hybridized carbons (Fsp3) is 0.750. The van der Waals surface area contributed by atoms with Crippen LogP contribution in [0.2, 0.25) is 0 Å². The Kier molecular flexibility index (Phi) is 3.86. The number of ether oxygens (including phenoxy) is 1. The molecule has 7 nitrogen and oxygen atoms in total. The van der Waals surface area contributed by atoms with Crippen LogP contribution in [0.25, 0.3) is 0 Å². The van der Waals surface area contributed by atoms with Gasteiger partial charge in [0.25, 0.3) is 0 Å². The molecule has 0 unspecified atom stereocenters. The van der Waals surface area contributed by atoms with Gasteiger partial charge in [-0.05, 0) is 20.3 Å². The molecule has 1 aliphatic rings. The summed E-state index contributed by atoms with van der Waals surface area (Å²) < 4.78 is 7.02. The molecule has 2 rings (SSSR count). The molecule has 1 aromatic rings. The zero-order valence-corrected chi connectivity index (χ0v) is 11.5. The van der Waals surface area contributed by atoms with E-state index in [1.165, 1.54) is 6.20 Å². The number of carboxylic acid groups (broad SMARTS) is 1. The van der Waals surface area contributed by atoms with Crippen molar-refractivity contribution in [2.75, 3.05) is 26.7 Å². The molecule has 7 heteroatoms. The van der Waals surface area contributed by atoms with E-state index in [1.54, 1.807) is 11.8 Å². The second kappa shape index (κ2) is 5.26. The minimum Gasteiger partial charge on any atom is -0.476 e. The molecule has 0 radical (unpaired) electrons. The largest absolute Gasteiger partial charge is 0.476 e. The lowest BCUT2D eigenvalue weighted by Gasteiger charge is -2.40. The standard InChI is InChI=1S/C12H20N4O3/c1-12(2,19-3)4-5-15-6-9(7-15)16-8-10(11(17)18)13-14-16/h8-9H,4-7H2,1-3H3,(H,17,18). The summed E-state index contributed by atoms with van der Waals surface area (Å²) in [6.07, 6.45) is 2.46. The Labute approximate surface area is 112 Å². The monoisotopic (exact) mass is 268 g/mol. The molecule has 2 heterocycles. The van der Waals surface area contributed by atoms with Crippen molar-refractivity contribution < 1.29 is 14.6 Å². The lowest BCUT2D eigenvalue weighted by atomic mass is 10.0. The maximum Gasteiger partial charge on any atom is 0.358 e. The Morgan fingerprint density at radius 1 is 1.58 bits per heavy atom. The Balaban J connectivity index is 1.78. The summed E-state index contributed by atoms with van der Waals surface area (Å²) in [5.74, 6) is -1.04. The van der Waals surface area contributed by atoms with E-state index in [9.17, 15) is 4.79 Å². The molecule has 1 aliphatic heterocycles. The zero-order valence-electron chi connectivity index (χ0n) is 11.5. The van der Waals surface area contributed by atoms with Gasteiger partial charge in [0.15, 0.2) is 5.69 Å². The van der Waals surface area contributed by atoms with Gasteiger partial charge < -0.3 is 9.84 Å². The first kappa shape index (κ1) is 14.0. The number of aromatic carboxylic acids is 1. The van der Waals surface area contributed by atoms with Crippen LogP contribution in [-0.2, 0) is 4.74 Å². The van der Waals surface area contributed by atoms with Crippen molar-refractivity contribution >= 4 is 5.97 Å². The van der Waals surface area contributed by atoms with Crippen LogP contribution < -0.4 is 0 Å². The second-order valence-corrected chi connectivity index (χ2v) is 5.52. The first-order valence-corrected chi connectivity index (χ1v) is 6.34. The average Bonchev–Trinajstić information content (AvgIpc) is 2.76. The lowest BCUT2D eigenvalue weighted by molar-refractivity contribution is -0.00497. The van der Waals surface area contributed by atoms with Gasteiger partial charge >= 0.3 is 5.97 Å². The van der Waals surface area contributed by atoms with Crippen molar-refractivity contribution in [3.8, 4) is 0 Å². The second-order valence-electron chi connectivity index (χ2n) is 5.52. The summed E-state index contributed by atoms with van der Waals surface area (Å²) in [6, 6.07) is 0.228. The number of hydrogen-bond donors (Lipinski definition) is 1. The van der Waals surface area contributed by atoms with Gasteiger partial charge in [0.1, 0.15) is 0 Å². The highest BCUT2D eigenvalue weighted by atomic mass is 16.5. The topological polar surface area (TPSA) is 80.5 Å². The highest BCUT2D eigenvalue weighted by Gasteiger charge is 2.30. The molecule has 19 heavy (non-hydrogen) atoms. The van der Waals surface area contributed by atoms with Crippen molar-refractivity contribution in [2.24, 2.45) is 0 Å². The first-order valence-electron chi connectivity index (χ1n) is 6.34. The maximum atomic E-state index is 10.7. The predicted molar refractivity (Wildman–Crippen MR) is 68.2 cm³/mol. The van der Waals surface area contributed by atoms with Crippen LogP contribution in [-0.4, -0.2) is 63.3 Å². The van der Waals surface area contributed by atoms with Crippen LogP contribution in [0.3, 0.4) is 0 Å². The number of aromatic nitrogens is 3. The van der Waals surface area contributed by atoms with Gasteiger partial charge in [-0.3, -0.25) is 4.90 Å². The average molecular weight is 268 g/mol. The number of carbonyl (C=O) groups is 1. The Bertz CT molecular complexity index is 452. The number of nitrogens with zero attached hydrogens (tertiary/aromatic N) is 4. The van der Waals surface area contributed by atoms with Crippen LogP contribution in [0.15, 0.2) is 6.20 Å². The molecule has 0 aromatic carbocycles. The highest BCUT2D eigenvalue weighted by molar-refractivity contribution is 5.84. The van der Waals surface area contributed by atoms with Crippen LogP contribution in [0.5, 0.6) is 0 Å². The van der Waals surface area contributed by atoms with Crippen LogP contribution >= 0.6 is 0 Å². The summed E-state index contributed by atoms with van der Waals surface area (Å²) in [5.41, 5.74) is -0.103. The maximum absolute atomic E-state index is 10.7. The van der Waals surface area contributed by atoms with Gasteiger partial charge in [-0.15, -0.1) is 5.10 Å². The van der Waals surface area contributed by atoms with Gasteiger partial charge in [-0.25, -0.2) is 9.48 Å². The molecule has 0 aliphatic carbocycles. The van der Waals surface area contributed by atoms with Crippen molar-refractivity contribution in [1.82, 2.24) is 19.9 Å². The van der Waals surface area contributed by atoms with Crippen molar-refractivity contribution in [2.45, 2.75) is 31.9 Å². The third kappa shape index (κ3) is 3.30. The summed E-state index contributed by atoms with van der Waals surface area (Å²) >= 11 is 0. The zero-order chi connectivity index (χ0) is 14.0. The van der Waals surface area contributed by atoms with Gasteiger partial charge in [0, 0.05) is 26.7 Å². The number of hydrogen-bond acceptors (Lipinski definition) is 5. The molecular weight excluding hydrogens is 248 g/mol. The van der Waals surface area contributed by atoms with E-state index in [4.69, 9.17) is 9.84 Å².